The molecule has 1 rings (SSSR count). The second kappa shape index (κ2) is 11.2. The largest absolute Gasteiger partial charge is 0.493 e. The monoisotopic (exact) mass is 360 g/mol. The Morgan fingerprint density at radius 3 is 2.31 bits per heavy atom. The molecule has 26 heavy (non-hydrogen) atoms. The first-order valence-electron chi connectivity index (χ1n) is 8.71. The van der Waals surface area contributed by atoms with E-state index in [1.54, 1.807) is 14.2 Å². The van der Waals surface area contributed by atoms with Gasteiger partial charge in [-0.15, -0.1) is 13.2 Å². The number of nitrogens with one attached hydrogen (secondary N) is 1. The minimum absolute atomic E-state index is 0.247. The molecule has 0 aliphatic rings. The fourth-order valence-corrected chi connectivity index (χ4v) is 2.72. The van der Waals surface area contributed by atoms with Gasteiger partial charge in [0.25, 0.3) is 0 Å². The molecule has 144 valence electrons. The summed E-state index contributed by atoms with van der Waals surface area (Å²) in [7, 11) is 3.20. The van der Waals surface area contributed by atoms with Crippen LogP contribution in [0.4, 0.5) is 5.69 Å². The maximum absolute atomic E-state index is 6.07. The molecule has 0 heterocycles. The summed E-state index contributed by atoms with van der Waals surface area (Å²) in [6.07, 6.45) is 3.79. The molecular formula is C20H32N4O2. The topological polar surface area (TPSA) is 72.1 Å². The van der Waals surface area contributed by atoms with Crippen molar-refractivity contribution in [3.63, 3.8) is 0 Å². The highest BCUT2D eigenvalue weighted by molar-refractivity contribution is 5.92. The van der Waals surface area contributed by atoms with E-state index in [4.69, 9.17) is 15.2 Å². The van der Waals surface area contributed by atoms with Crippen molar-refractivity contribution in [3.8, 4) is 11.5 Å². The van der Waals surface area contributed by atoms with Crippen LogP contribution in [0.15, 0.2) is 48.5 Å². The predicted molar refractivity (Wildman–Crippen MR) is 110 cm³/mol. The van der Waals surface area contributed by atoms with Crippen LogP contribution in [0.25, 0.3) is 0 Å². The summed E-state index contributed by atoms with van der Waals surface area (Å²) in [5, 5.41) is 3.10. The molecule has 0 radical (unpaired) electrons. The SMILES string of the molecule is C=CCN(CC=C)C(CN=C(N)Nc1ccc(OC)c(OC)c1)C(C)C. The number of anilines is 1. The lowest BCUT2D eigenvalue weighted by atomic mass is 10.0. The van der Waals surface area contributed by atoms with Gasteiger partial charge in [-0.1, -0.05) is 26.0 Å². The highest BCUT2D eigenvalue weighted by Gasteiger charge is 2.19. The lowest BCUT2D eigenvalue weighted by Crippen LogP contribution is -2.42. The van der Waals surface area contributed by atoms with Crippen LogP contribution < -0.4 is 20.5 Å². The molecule has 1 aromatic carbocycles. The molecule has 1 aromatic rings. The maximum Gasteiger partial charge on any atom is 0.193 e. The molecule has 6 nitrogen and oxygen atoms in total. The van der Waals surface area contributed by atoms with Gasteiger partial charge in [0.05, 0.1) is 20.8 Å². The normalized spacial score (nSPS) is 12.8. The van der Waals surface area contributed by atoms with Gasteiger partial charge in [-0.3, -0.25) is 9.89 Å². The van der Waals surface area contributed by atoms with Crippen LogP contribution in [0, 0.1) is 5.92 Å². The van der Waals surface area contributed by atoms with Crippen LogP contribution in [0.1, 0.15) is 13.8 Å². The van der Waals surface area contributed by atoms with Crippen molar-refractivity contribution >= 4 is 11.6 Å². The van der Waals surface area contributed by atoms with Crippen LogP contribution in [0.3, 0.4) is 0 Å². The molecule has 0 aromatic heterocycles. The standard InChI is InChI=1S/C20H32N4O2/c1-7-11-24(12-8-2)17(15(3)4)14-22-20(21)23-16-9-10-18(25-5)19(13-16)26-6/h7-10,13,15,17H,1-2,11-12,14H2,3-6H3,(H3,21,22,23). The summed E-state index contributed by atoms with van der Waals surface area (Å²) in [6, 6.07) is 5.76. The predicted octanol–water partition coefficient (Wildman–Crippen LogP) is 3.13. The van der Waals surface area contributed by atoms with Crippen LogP contribution >= 0.6 is 0 Å². The number of hydrogen-bond acceptors (Lipinski definition) is 4. The van der Waals surface area contributed by atoms with Crippen LogP contribution in [-0.2, 0) is 0 Å². The van der Waals surface area contributed by atoms with Crippen molar-refractivity contribution in [3.05, 3.63) is 43.5 Å². The molecule has 1 unspecified atom stereocenters. The zero-order valence-corrected chi connectivity index (χ0v) is 16.4. The molecule has 0 saturated carbocycles. The fourth-order valence-electron chi connectivity index (χ4n) is 2.72. The Balaban J connectivity index is 2.84. The third-order valence-electron chi connectivity index (χ3n) is 4.07. The van der Waals surface area contributed by atoms with Crippen molar-refractivity contribution in [2.45, 2.75) is 19.9 Å². The molecule has 0 aliphatic heterocycles. The number of nitrogens with two attached hydrogens (primary N) is 1. The van der Waals surface area contributed by atoms with Gasteiger partial charge in [-0.2, -0.15) is 0 Å². The molecule has 0 spiro atoms. The van der Waals surface area contributed by atoms with Gasteiger partial charge in [0.2, 0.25) is 0 Å². The summed E-state index contributed by atoms with van der Waals surface area (Å²) in [5.41, 5.74) is 6.86. The van der Waals surface area contributed by atoms with Gasteiger partial charge in [0.1, 0.15) is 0 Å². The Labute approximate surface area is 157 Å². The number of methoxy groups -OCH3 is 2. The van der Waals surface area contributed by atoms with E-state index in [9.17, 15) is 0 Å². The smallest absolute Gasteiger partial charge is 0.193 e. The van der Waals surface area contributed by atoms with Crippen molar-refractivity contribution in [1.82, 2.24) is 4.90 Å². The quantitative estimate of drug-likeness (QED) is 0.360. The molecule has 0 amide bonds. The molecular weight excluding hydrogens is 328 g/mol. The van der Waals surface area contributed by atoms with Crippen LogP contribution in [0.5, 0.6) is 11.5 Å². The number of ether oxygens (including phenoxy) is 2. The van der Waals surface area contributed by atoms with Gasteiger partial charge in [0, 0.05) is 30.9 Å². The van der Waals surface area contributed by atoms with Crippen molar-refractivity contribution in [2.24, 2.45) is 16.6 Å². The van der Waals surface area contributed by atoms with Gasteiger partial charge < -0.3 is 20.5 Å². The molecule has 0 bridgehead atoms. The van der Waals surface area contributed by atoms with Crippen molar-refractivity contribution in [1.29, 1.82) is 0 Å². The number of hydrogen-bond donors (Lipinski definition) is 2. The minimum atomic E-state index is 0.247. The molecule has 3 N–H and O–H groups in total. The van der Waals surface area contributed by atoms with E-state index in [-0.39, 0.29) is 6.04 Å². The lowest BCUT2D eigenvalue weighted by Gasteiger charge is -2.31. The zero-order chi connectivity index (χ0) is 19.5. The van der Waals surface area contributed by atoms with E-state index in [2.05, 4.69) is 42.2 Å². The highest BCUT2D eigenvalue weighted by Crippen LogP contribution is 2.29. The van der Waals surface area contributed by atoms with Gasteiger partial charge in [-0.25, -0.2) is 0 Å². The van der Waals surface area contributed by atoms with Gasteiger partial charge >= 0.3 is 0 Å². The molecule has 1 atom stereocenters. The van der Waals surface area contributed by atoms with E-state index in [0.717, 1.165) is 18.8 Å². The summed E-state index contributed by atoms with van der Waals surface area (Å²) >= 11 is 0. The average Bonchev–Trinajstić information content (AvgIpc) is 2.61. The lowest BCUT2D eigenvalue weighted by molar-refractivity contribution is 0.196. The van der Waals surface area contributed by atoms with Crippen molar-refractivity contribution in [2.75, 3.05) is 39.2 Å². The fraction of sp³-hybridized carbons (Fsp3) is 0.450. The summed E-state index contributed by atoms with van der Waals surface area (Å²) in [4.78, 5) is 6.82. The molecule has 0 saturated heterocycles. The Hall–Kier alpha value is -2.47. The van der Waals surface area contributed by atoms with Gasteiger partial charge in [-0.05, 0) is 18.1 Å². The molecule has 0 aliphatic carbocycles. The first kappa shape index (κ1) is 21.6. The number of rotatable bonds is 11. The summed E-state index contributed by atoms with van der Waals surface area (Å²) in [6.45, 7) is 14.2. The van der Waals surface area contributed by atoms with Gasteiger partial charge in [0.15, 0.2) is 17.5 Å². The maximum atomic E-state index is 6.07. The minimum Gasteiger partial charge on any atom is -0.493 e. The zero-order valence-electron chi connectivity index (χ0n) is 16.4. The van der Waals surface area contributed by atoms with E-state index >= 15 is 0 Å². The van der Waals surface area contributed by atoms with Crippen LogP contribution in [-0.4, -0.2) is 50.8 Å². The van der Waals surface area contributed by atoms with Crippen molar-refractivity contribution < 1.29 is 9.47 Å². The highest BCUT2D eigenvalue weighted by atomic mass is 16.5. The number of aliphatic imine (C=N–C) groups is 1. The summed E-state index contributed by atoms with van der Waals surface area (Å²) in [5.74, 6) is 2.08. The first-order chi connectivity index (χ1) is 12.5. The Morgan fingerprint density at radius 1 is 1.19 bits per heavy atom. The van der Waals surface area contributed by atoms with Crippen LogP contribution in [0.2, 0.25) is 0 Å². The van der Waals surface area contributed by atoms with E-state index in [1.807, 2.05) is 30.4 Å². The second-order valence-corrected chi connectivity index (χ2v) is 6.26. The Morgan fingerprint density at radius 2 is 1.81 bits per heavy atom. The third kappa shape index (κ3) is 6.44. The molecule has 6 heteroatoms. The first-order valence-corrected chi connectivity index (χ1v) is 8.71. The Bertz CT molecular complexity index is 604. The van der Waals surface area contributed by atoms with E-state index in [1.165, 1.54) is 0 Å². The van der Waals surface area contributed by atoms with E-state index < -0.39 is 0 Å². The molecule has 0 fully saturated rings. The number of nitrogens with zero attached hydrogens (tertiary/aromatic N) is 2. The second-order valence-electron chi connectivity index (χ2n) is 6.26. The Kier molecular flexibility index (Phi) is 9.30. The number of benzene rings is 1. The summed E-state index contributed by atoms with van der Waals surface area (Å²) < 4.78 is 10.5. The average molecular weight is 361 g/mol. The van der Waals surface area contributed by atoms with E-state index in [0.29, 0.717) is 29.9 Å². The third-order valence-corrected chi connectivity index (χ3v) is 4.07. The number of guanidine groups is 1.